The Balaban J connectivity index is 1.57. The van der Waals surface area contributed by atoms with Crippen LogP contribution in [0.2, 0.25) is 0 Å². The van der Waals surface area contributed by atoms with Gasteiger partial charge in [0.1, 0.15) is 6.04 Å². The lowest BCUT2D eigenvalue weighted by Crippen LogP contribution is -2.48. The topological polar surface area (TPSA) is 69.6 Å². The molecule has 0 radical (unpaired) electrons. The largest absolute Gasteiger partial charge is 0.480 e. The first-order valence-electron chi connectivity index (χ1n) is 9.45. The summed E-state index contributed by atoms with van der Waals surface area (Å²) in [5.74, 6) is -1.32. The van der Waals surface area contributed by atoms with Gasteiger partial charge in [0.05, 0.1) is 5.92 Å². The highest BCUT2D eigenvalue weighted by Crippen LogP contribution is 2.19. The van der Waals surface area contributed by atoms with Gasteiger partial charge < -0.3 is 10.4 Å². The number of hydrogen-bond donors (Lipinski definition) is 2. The Morgan fingerprint density at radius 2 is 1.67 bits per heavy atom. The molecule has 1 amide bonds. The zero-order valence-corrected chi connectivity index (χ0v) is 15.4. The summed E-state index contributed by atoms with van der Waals surface area (Å²) < 4.78 is 0. The fourth-order valence-electron chi connectivity index (χ4n) is 3.59. The molecule has 0 bridgehead atoms. The Bertz CT molecular complexity index is 749. The molecule has 1 heterocycles. The van der Waals surface area contributed by atoms with Crippen LogP contribution in [-0.2, 0) is 22.6 Å². The van der Waals surface area contributed by atoms with Crippen molar-refractivity contribution < 1.29 is 14.7 Å². The van der Waals surface area contributed by atoms with E-state index in [1.165, 1.54) is 5.56 Å². The van der Waals surface area contributed by atoms with Crippen LogP contribution >= 0.6 is 0 Å². The molecule has 5 heteroatoms. The van der Waals surface area contributed by atoms with Gasteiger partial charge in [-0.3, -0.25) is 9.69 Å². The fourth-order valence-corrected chi connectivity index (χ4v) is 3.59. The van der Waals surface area contributed by atoms with Gasteiger partial charge in [0.2, 0.25) is 5.91 Å². The number of aliphatic carboxylic acids is 1. The van der Waals surface area contributed by atoms with Crippen molar-refractivity contribution in [2.75, 3.05) is 13.1 Å². The second-order valence-corrected chi connectivity index (χ2v) is 7.15. The summed E-state index contributed by atoms with van der Waals surface area (Å²) in [6.07, 6.45) is 2.04. The molecule has 1 aliphatic heterocycles. The van der Waals surface area contributed by atoms with Crippen molar-refractivity contribution in [3.05, 3.63) is 71.8 Å². The number of benzene rings is 2. The SMILES string of the molecule is O=C(N[C@H](Cc1ccccc1)C(=O)O)[C@H]1CCCN(Cc2ccccc2)C1. The Labute approximate surface area is 160 Å². The molecule has 0 aliphatic carbocycles. The van der Waals surface area contributed by atoms with Crippen LogP contribution in [0.25, 0.3) is 0 Å². The van der Waals surface area contributed by atoms with Gasteiger partial charge in [0.15, 0.2) is 0 Å². The van der Waals surface area contributed by atoms with Crippen LogP contribution in [0.3, 0.4) is 0 Å². The summed E-state index contributed by atoms with van der Waals surface area (Å²) in [5.41, 5.74) is 2.13. The third-order valence-electron chi connectivity index (χ3n) is 5.02. The van der Waals surface area contributed by atoms with E-state index in [2.05, 4.69) is 22.3 Å². The monoisotopic (exact) mass is 366 g/mol. The zero-order chi connectivity index (χ0) is 19.1. The van der Waals surface area contributed by atoms with Gasteiger partial charge in [0, 0.05) is 19.5 Å². The molecule has 5 nitrogen and oxygen atoms in total. The standard InChI is InChI=1S/C22H26N2O3/c25-21(23-20(22(26)27)14-17-8-3-1-4-9-17)19-12-7-13-24(16-19)15-18-10-5-2-6-11-18/h1-6,8-11,19-20H,7,12-16H2,(H,23,25)(H,26,27)/t19-,20+/m0/s1. The van der Waals surface area contributed by atoms with Crippen molar-refractivity contribution in [1.29, 1.82) is 0 Å². The van der Waals surface area contributed by atoms with Crippen molar-refractivity contribution in [2.45, 2.75) is 31.8 Å². The lowest BCUT2D eigenvalue weighted by atomic mass is 9.95. The minimum Gasteiger partial charge on any atom is -0.480 e. The van der Waals surface area contributed by atoms with Crippen LogP contribution in [-0.4, -0.2) is 41.0 Å². The summed E-state index contributed by atoms with van der Waals surface area (Å²) in [7, 11) is 0. The number of carboxylic acid groups (broad SMARTS) is 1. The summed E-state index contributed by atoms with van der Waals surface area (Å²) in [6, 6.07) is 18.7. The lowest BCUT2D eigenvalue weighted by molar-refractivity contribution is -0.142. The summed E-state index contributed by atoms with van der Waals surface area (Å²) in [4.78, 5) is 26.6. The van der Waals surface area contributed by atoms with Crippen molar-refractivity contribution in [3.63, 3.8) is 0 Å². The molecule has 27 heavy (non-hydrogen) atoms. The number of carbonyl (C=O) groups is 2. The number of amides is 1. The summed E-state index contributed by atoms with van der Waals surface area (Å²) >= 11 is 0. The number of hydrogen-bond acceptors (Lipinski definition) is 3. The average molecular weight is 366 g/mol. The summed E-state index contributed by atoms with van der Waals surface area (Å²) in [6.45, 7) is 2.44. The number of nitrogens with zero attached hydrogens (tertiary/aromatic N) is 1. The first-order valence-corrected chi connectivity index (χ1v) is 9.45. The predicted molar refractivity (Wildman–Crippen MR) is 104 cm³/mol. The van der Waals surface area contributed by atoms with Crippen LogP contribution in [0.5, 0.6) is 0 Å². The highest BCUT2D eigenvalue weighted by Gasteiger charge is 2.29. The van der Waals surface area contributed by atoms with Crippen molar-refractivity contribution in [3.8, 4) is 0 Å². The maximum atomic E-state index is 12.7. The van der Waals surface area contributed by atoms with Gasteiger partial charge in [-0.25, -0.2) is 4.79 Å². The van der Waals surface area contributed by atoms with Gasteiger partial charge in [-0.15, -0.1) is 0 Å². The molecule has 0 spiro atoms. The second-order valence-electron chi connectivity index (χ2n) is 7.15. The smallest absolute Gasteiger partial charge is 0.326 e. The molecule has 2 aromatic carbocycles. The number of carboxylic acids is 1. The molecule has 2 N–H and O–H groups in total. The molecule has 0 aromatic heterocycles. The molecule has 3 rings (SSSR count). The first kappa shape index (κ1) is 19.1. The van der Waals surface area contributed by atoms with E-state index in [0.29, 0.717) is 13.0 Å². The molecule has 142 valence electrons. The van der Waals surface area contributed by atoms with Crippen LogP contribution in [0.15, 0.2) is 60.7 Å². The number of likely N-dealkylation sites (tertiary alicyclic amines) is 1. The maximum Gasteiger partial charge on any atom is 0.326 e. The fraction of sp³-hybridized carbons (Fsp3) is 0.364. The molecule has 1 aliphatic rings. The molecular formula is C22H26N2O3. The van der Waals surface area contributed by atoms with Gasteiger partial charge in [0.25, 0.3) is 0 Å². The third kappa shape index (κ3) is 5.66. The molecule has 1 fully saturated rings. The highest BCUT2D eigenvalue weighted by molar-refractivity contribution is 5.85. The van der Waals surface area contributed by atoms with Crippen LogP contribution < -0.4 is 5.32 Å². The van der Waals surface area contributed by atoms with E-state index >= 15 is 0 Å². The maximum absolute atomic E-state index is 12.7. The van der Waals surface area contributed by atoms with Gasteiger partial charge in [-0.1, -0.05) is 60.7 Å². The minimum atomic E-state index is -0.996. The molecule has 2 atom stereocenters. The molecular weight excluding hydrogens is 340 g/mol. The average Bonchev–Trinajstić information content (AvgIpc) is 2.69. The van der Waals surface area contributed by atoms with Crippen molar-refractivity contribution >= 4 is 11.9 Å². The number of carbonyl (C=O) groups excluding carboxylic acids is 1. The van der Waals surface area contributed by atoms with Crippen LogP contribution in [0, 0.1) is 5.92 Å². The zero-order valence-electron chi connectivity index (χ0n) is 15.4. The highest BCUT2D eigenvalue weighted by atomic mass is 16.4. The van der Waals surface area contributed by atoms with Gasteiger partial charge >= 0.3 is 5.97 Å². The summed E-state index contributed by atoms with van der Waals surface area (Å²) in [5, 5.41) is 12.3. The Morgan fingerprint density at radius 1 is 1.04 bits per heavy atom. The van der Waals surface area contributed by atoms with E-state index in [9.17, 15) is 14.7 Å². The van der Waals surface area contributed by atoms with E-state index in [4.69, 9.17) is 0 Å². The first-order chi connectivity index (χ1) is 13.1. The second kappa shape index (κ2) is 9.33. The Hall–Kier alpha value is -2.66. The van der Waals surface area contributed by atoms with E-state index in [1.54, 1.807) is 0 Å². The molecule has 1 saturated heterocycles. The van der Waals surface area contributed by atoms with E-state index in [0.717, 1.165) is 31.5 Å². The van der Waals surface area contributed by atoms with E-state index in [-0.39, 0.29) is 11.8 Å². The molecule has 2 aromatic rings. The number of piperidine rings is 1. The lowest BCUT2D eigenvalue weighted by Gasteiger charge is -2.32. The number of nitrogens with one attached hydrogen (secondary N) is 1. The Kier molecular flexibility index (Phi) is 6.60. The van der Waals surface area contributed by atoms with Crippen molar-refractivity contribution in [1.82, 2.24) is 10.2 Å². The van der Waals surface area contributed by atoms with Crippen LogP contribution in [0.1, 0.15) is 24.0 Å². The van der Waals surface area contributed by atoms with Crippen molar-refractivity contribution in [2.24, 2.45) is 5.92 Å². The molecule has 0 saturated carbocycles. The van der Waals surface area contributed by atoms with E-state index < -0.39 is 12.0 Å². The quantitative estimate of drug-likeness (QED) is 0.791. The minimum absolute atomic E-state index is 0.156. The molecule has 0 unspecified atom stereocenters. The van der Waals surface area contributed by atoms with Gasteiger partial charge in [-0.05, 0) is 30.5 Å². The normalized spacial score (nSPS) is 18.6. The number of rotatable bonds is 7. The van der Waals surface area contributed by atoms with Gasteiger partial charge in [-0.2, -0.15) is 0 Å². The van der Waals surface area contributed by atoms with E-state index in [1.807, 2.05) is 48.5 Å². The predicted octanol–water partition coefficient (Wildman–Crippen LogP) is 2.71. The third-order valence-corrected chi connectivity index (χ3v) is 5.02. The van der Waals surface area contributed by atoms with Crippen LogP contribution in [0.4, 0.5) is 0 Å². The Morgan fingerprint density at radius 3 is 2.30 bits per heavy atom.